The third kappa shape index (κ3) is 4.78. The molecular weight excluding hydrogens is 307 g/mol. The van der Waals surface area contributed by atoms with Crippen molar-refractivity contribution in [2.75, 3.05) is 26.2 Å². The summed E-state index contributed by atoms with van der Waals surface area (Å²) in [5, 5.41) is 5.01. The van der Waals surface area contributed by atoms with Crippen LogP contribution in [0.1, 0.15) is 5.56 Å². The number of halogens is 2. The van der Waals surface area contributed by atoms with Crippen molar-refractivity contribution in [3.05, 3.63) is 40.3 Å². The van der Waals surface area contributed by atoms with Gasteiger partial charge in [0.15, 0.2) is 0 Å². The molecule has 1 aromatic rings. The highest BCUT2D eigenvalue weighted by molar-refractivity contribution is 7.92. The van der Waals surface area contributed by atoms with Gasteiger partial charge in [-0.25, -0.2) is 8.42 Å². The second kappa shape index (κ2) is 7.26. The van der Waals surface area contributed by atoms with Crippen LogP contribution in [0.15, 0.2) is 29.7 Å². The molecule has 2 rings (SSSR count). The van der Waals surface area contributed by atoms with Gasteiger partial charge in [-0.2, -0.15) is 4.31 Å². The minimum absolute atomic E-state index is 0. The van der Waals surface area contributed by atoms with Crippen LogP contribution in [-0.2, 0) is 10.0 Å². The molecule has 0 aromatic heterocycles. The lowest BCUT2D eigenvalue weighted by atomic mass is 10.2. The zero-order chi connectivity index (χ0) is 13.0. The number of hydrogen-bond donors (Lipinski definition) is 1. The van der Waals surface area contributed by atoms with Gasteiger partial charge in [0.05, 0.1) is 0 Å². The summed E-state index contributed by atoms with van der Waals surface area (Å²) < 4.78 is 25.5. The number of hydrogen-bond acceptors (Lipinski definition) is 3. The third-order valence-corrected chi connectivity index (χ3v) is 4.56. The van der Waals surface area contributed by atoms with Crippen LogP contribution in [0.2, 0.25) is 5.02 Å². The predicted molar refractivity (Wildman–Crippen MR) is 81.1 cm³/mol. The van der Waals surface area contributed by atoms with Gasteiger partial charge in [0.2, 0.25) is 10.0 Å². The highest BCUT2D eigenvalue weighted by Gasteiger charge is 2.20. The summed E-state index contributed by atoms with van der Waals surface area (Å²) in [5.41, 5.74) is 0.818. The van der Waals surface area contributed by atoms with E-state index in [0.29, 0.717) is 31.2 Å². The van der Waals surface area contributed by atoms with Crippen LogP contribution in [0, 0.1) is 0 Å². The van der Waals surface area contributed by atoms with Gasteiger partial charge in [0.1, 0.15) is 0 Å². The Morgan fingerprint density at radius 1 is 1.16 bits per heavy atom. The van der Waals surface area contributed by atoms with E-state index in [-0.39, 0.29) is 12.4 Å². The maximum Gasteiger partial charge on any atom is 0.236 e. The standard InChI is InChI=1S/C12H15ClN2O2S.ClH/c13-12-3-1-11(2-4-12)5-10-18(16,17)15-8-6-14-7-9-15;/h1-5,10,14H,6-9H2;1H. The van der Waals surface area contributed by atoms with Crippen LogP contribution < -0.4 is 5.32 Å². The first-order valence-corrected chi connectivity index (χ1v) is 7.60. The topological polar surface area (TPSA) is 49.4 Å². The number of rotatable bonds is 3. The average Bonchev–Trinajstić information content (AvgIpc) is 2.39. The first kappa shape index (κ1) is 16.5. The molecule has 0 saturated carbocycles. The van der Waals surface area contributed by atoms with Crippen LogP contribution in [0.25, 0.3) is 6.08 Å². The summed E-state index contributed by atoms with van der Waals surface area (Å²) in [6, 6.07) is 7.04. The lowest BCUT2D eigenvalue weighted by Gasteiger charge is -2.25. The number of nitrogens with one attached hydrogen (secondary N) is 1. The summed E-state index contributed by atoms with van der Waals surface area (Å²) >= 11 is 5.77. The second-order valence-corrected chi connectivity index (χ2v) is 6.30. The smallest absolute Gasteiger partial charge is 0.236 e. The fourth-order valence-electron chi connectivity index (χ4n) is 1.72. The van der Waals surface area contributed by atoms with Gasteiger partial charge in [-0.1, -0.05) is 23.7 Å². The molecule has 0 atom stereocenters. The van der Waals surface area contributed by atoms with Crippen molar-refractivity contribution in [3.63, 3.8) is 0 Å². The van der Waals surface area contributed by atoms with Gasteiger partial charge < -0.3 is 5.32 Å². The molecule has 0 aliphatic carbocycles. The zero-order valence-corrected chi connectivity index (χ0v) is 12.6. The van der Waals surface area contributed by atoms with Crippen molar-refractivity contribution in [1.29, 1.82) is 0 Å². The van der Waals surface area contributed by atoms with E-state index in [2.05, 4.69) is 5.32 Å². The highest BCUT2D eigenvalue weighted by Crippen LogP contribution is 2.12. The number of benzene rings is 1. The summed E-state index contributed by atoms with van der Waals surface area (Å²) in [7, 11) is -3.31. The van der Waals surface area contributed by atoms with E-state index in [1.165, 1.54) is 9.71 Å². The highest BCUT2D eigenvalue weighted by atomic mass is 35.5. The third-order valence-electron chi connectivity index (χ3n) is 2.74. The lowest BCUT2D eigenvalue weighted by Crippen LogP contribution is -2.45. The molecule has 0 radical (unpaired) electrons. The Morgan fingerprint density at radius 3 is 2.32 bits per heavy atom. The molecule has 1 heterocycles. The van der Waals surface area contributed by atoms with E-state index in [9.17, 15) is 8.42 Å². The zero-order valence-electron chi connectivity index (χ0n) is 10.3. The Bertz CT molecular complexity index is 523. The molecule has 1 aliphatic heterocycles. The molecule has 0 unspecified atom stereocenters. The molecule has 0 spiro atoms. The lowest BCUT2D eigenvalue weighted by molar-refractivity contribution is 0.364. The molecule has 1 aliphatic rings. The van der Waals surface area contributed by atoms with Gasteiger partial charge in [-0.3, -0.25) is 0 Å². The molecule has 1 fully saturated rings. The van der Waals surface area contributed by atoms with Gasteiger partial charge in [-0.15, -0.1) is 12.4 Å². The Morgan fingerprint density at radius 2 is 1.74 bits per heavy atom. The van der Waals surface area contributed by atoms with Gasteiger partial charge in [-0.05, 0) is 23.8 Å². The fourth-order valence-corrected chi connectivity index (χ4v) is 3.04. The predicted octanol–water partition coefficient (Wildman–Crippen LogP) is 1.97. The summed E-state index contributed by atoms with van der Waals surface area (Å²) in [5.74, 6) is 0. The molecule has 1 N–H and O–H groups in total. The normalized spacial score (nSPS) is 17.3. The van der Waals surface area contributed by atoms with Crippen molar-refractivity contribution in [2.24, 2.45) is 0 Å². The molecular formula is C12H16Cl2N2O2S. The van der Waals surface area contributed by atoms with Crippen LogP contribution in [0.5, 0.6) is 0 Å². The quantitative estimate of drug-likeness (QED) is 0.925. The average molecular weight is 323 g/mol. The van der Waals surface area contributed by atoms with Crippen LogP contribution >= 0.6 is 24.0 Å². The fraction of sp³-hybridized carbons (Fsp3) is 0.333. The van der Waals surface area contributed by atoms with E-state index in [0.717, 1.165) is 5.56 Å². The molecule has 0 amide bonds. The van der Waals surface area contributed by atoms with Crippen molar-refractivity contribution in [3.8, 4) is 0 Å². The molecule has 106 valence electrons. The van der Waals surface area contributed by atoms with Crippen LogP contribution in [-0.4, -0.2) is 38.9 Å². The minimum atomic E-state index is -3.31. The monoisotopic (exact) mass is 322 g/mol. The van der Waals surface area contributed by atoms with Crippen molar-refractivity contribution >= 4 is 40.1 Å². The molecule has 7 heteroatoms. The summed E-state index contributed by atoms with van der Waals surface area (Å²) in [4.78, 5) is 0. The first-order valence-electron chi connectivity index (χ1n) is 5.72. The first-order chi connectivity index (χ1) is 8.58. The Hall–Kier alpha value is -0.590. The van der Waals surface area contributed by atoms with Gasteiger partial charge in [0.25, 0.3) is 0 Å². The second-order valence-electron chi connectivity index (χ2n) is 4.05. The van der Waals surface area contributed by atoms with E-state index >= 15 is 0 Å². The Labute approximate surface area is 124 Å². The molecule has 0 bridgehead atoms. The molecule has 1 saturated heterocycles. The van der Waals surface area contributed by atoms with Crippen LogP contribution in [0.3, 0.4) is 0 Å². The maximum absolute atomic E-state index is 12.0. The van der Waals surface area contributed by atoms with E-state index in [1.54, 1.807) is 30.3 Å². The maximum atomic E-state index is 12.0. The van der Waals surface area contributed by atoms with Crippen molar-refractivity contribution in [2.45, 2.75) is 0 Å². The van der Waals surface area contributed by atoms with Gasteiger partial charge in [0, 0.05) is 36.6 Å². The summed E-state index contributed by atoms with van der Waals surface area (Å²) in [6.07, 6.45) is 1.59. The molecule has 4 nitrogen and oxygen atoms in total. The molecule has 1 aromatic carbocycles. The van der Waals surface area contributed by atoms with E-state index < -0.39 is 10.0 Å². The van der Waals surface area contributed by atoms with Gasteiger partial charge >= 0.3 is 0 Å². The minimum Gasteiger partial charge on any atom is -0.314 e. The SMILES string of the molecule is Cl.O=S(=O)(C=Cc1ccc(Cl)cc1)N1CCNCC1. The van der Waals surface area contributed by atoms with Crippen molar-refractivity contribution in [1.82, 2.24) is 9.62 Å². The summed E-state index contributed by atoms with van der Waals surface area (Å²) in [6.45, 7) is 2.45. The molecule has 19 heavy (non-hydrogen) atoms. The number of sulfonamides is 1. The van der Waals surface area contributed by atoms with E-state index in [4.69, 9.17) is 11.6 Å². The van der Waals surface area contributed by atoms with E-state index in [1.807, 2.05) is 0 Å². The Balaban J connectivity index is 0.00000180. The van der Waals surface area contributed by atoms with Crippen LogP contribution in [0.4, 0.5) is 0 Å². The van der Waals surface area contributed by atoms with Crippen molar-refractivity contribution < 1.29 is 8.42 Å². The largest absolute Gasteiger partial charge is 0.314 e. The Kier molecular flexibility index (Phi) is 6.29. The number of nitrogens with zero attached hydrogens (tertiary/aromatic N) is 1. The number of piperazine rings is 1.